The molecule has 3 rings (SSSR count). The zero-order chi connectivity index (χ0) is 16.1. The molecule has 5 heteroatoms. The second-order valence-corrected chi connectivity index (χ2v) is 5.77. The van der Waals surface area contributed by atoms with Crippen LogP contribution in [0, 0.1) is 11.8 Å². The van der Waals surface area contributed by atoms with Crippen molar-refractivity contribution < 1.29 is 14.0 Å². The summed E-state index contributed by atoms with van der Waals surface area (Å²) in [4.78, 5) is 24.0. The van der Waals surface area contributed by atoms with Crippen molar-refractivity contribution in [3.63, 3.8) is 0 Å². The van der Waals surface area contributed by atoms with Crippen LogP contribution in [0.15, 0.2) is 53.1 Å². The second-order valence-electron chi connectivity index (χ2n) is 5.77. The molecule has 1 saturated carbocycles. The van der Waals surface area contributed by atoms with Crippen molar-refractivity contribution >= 4 is 11.8 Å². The highest BCUT2D eigenvalue weighted by Crippen LogP contribution is 2.38. The molecule has 2 amide bonds. The van der Waals surface area contributed by atoms with Gasteiger partial charge >= 0.3 is 0 Å². The van der Waals surface area contributed by atoms with Gasteiger partial charge in [0.05, 0.1) is 24.6 Å². The Kier molecular flexibility index (Phi) is 4.76. The molecule has 1 aliphatic rings. The van der Waals surface area contributed by atoms with Crippen LogP contribution >= 0.6 is 0 Å². The van der Waals surface area contributed by atoms with E-state index < -0.39 is 0 Å². The van der Waals surface area contributed by atoms with E-state index in [2.05, 4.69) is 10.6 Å². The summed E-state index contributed by atoms with van der Waals surface area (Å²) in [5.41, 5.74) is 1.19. The smallest absolute Gasteiger partial charge is 0.224 e. The van der Waals surface area contributed by atoms with E-state index >= 15 is 0 Å². The predicted octanol–water partition coefficient (Wildman–Crippen LogP) is 1.89. The van der Waals surface area contributed by atoms with Crippen molar-refractivity contribution in [2.24, 2.45) is 11.8 Å². The highest BCUT2D eigenvalue weighted by molar-refractivity contribution is 5.92. The fraction of sp³-hybridized carbons (Fsp3) is 0.333. The molecule has 0 bridgehead atoms. The molecular weight excluding hydrogens is 292 g/mol. The van der Waals surface area contributed by atoms with Crippen LogP contribution in [0.1, 0.15) is 17.7 Å². The van der Waals surface area contributed by atoms with Gasteiger partial charge in [0.25, 0.3) is 0 Å². The first kappa shape index (κ1) is 15.3. The molecule has 1 aromatic carbocycles. The number of carbonyl (C=O) groups excluding carboxylic acids is 2. The van der Waals surface area contributed by atoms with Gasteiger partial charge in [-0.15, -0.1) is 0 Å². The Morgan fingerprint density at radius 2 is 1.74 bits per heavy atom. The summed E-state index contributed by atoms with van der Waals surface area (Å²) in [5.74, 6) is 0.204. The molecule has 0 saturated heterocycles. The van der Waals surface area contributed by atoms with Gasteiger partial charge in [-0.05, 0) is 30.5 Å². The lowest BCUT2D eigenvalue weighted by molar-refractivity contribution is -0.127. The molecule has 23 heavy (non-hydrogen) atoms. The molecule has 1 fully saturated rings. The summed E-state index contributed by atoms with van der Waals surface area (Å²) in [7, 11) is 0. The van der Waals surface area contributed by atoms with E-state index in [1.807, 2.05) is 30.3 Å². The summed E-state index contributed by atoms with van der Waals surface area (Å²) in [6.45, 7) is 0.963. The largest absolute Gasteiger partial charge is 0.467 e. The van der Waals surface area contributed by atoms with Gasteiger partial charge in [-0.25, -0.2) is 0 Å². The standard InChI is InChI=1S/C18H20N2O3/c21-17(19-9-8-13-5-2-1-3-6-13)15-11-16(15)18(22)20-12-14-7-4-10-23-14/h1-7,10,15-16H,8-9,11-12H2,(H,19,21)(H,20,22). The minimum atomic E-state index is -0.207. The molecule has 1 aliphatic carbocycles. The summed E-state index contributed by atoms with van der Waals surface area (Å²) in [5, 5.41) is 5.71. The van der Waals surface area contributed by atoms with Gasteiger partial charge in [-0.2, -0.15) is 0 Å². The molecule has 120 valence electrons. The summed E-state index contributed by atoms with van der Waals surface area (Å²) >= 11 is 0. The van der Waals surface area contributed by atoms with E-state index in [0.29, 0.717) is 25.3 Å². The maximum atomic E-state index is 12.0. The Morgan fingerprint density at radius 1 is 1.00 bits per heavy atom. The van der Waals surface area contributed by atoms with Gasteiger partial charge in [0.15, 0.2) is 0 Å². The van der Waals surface area contributed by atoms with Gasteiger partial charge in [0.1, 0.15) is 5.76 Å². The maximum Gasteiger partial charge on any atom is 0.224 e. The molecule has 2 N–H and O–H groups in total. The topological polar surface area (TPSA) is 71.3 Å². The monoisotopic (exact) mass is 312 g/mol. The van der Waals surface area contributed by atoms with E-state index in [9.17, 15) is 9.59 Å². The molecule has 2 unspecified atom stereocenters. The summed E-state index contributed by atoms with van der Waals surface area (Å²) in [6, 6.07) is 13.6. The molecule has 0 aliphatic heterocycles. The SMILES string of the molecule is O=C(NCCc1ccccc1)C1CC1C(=O)NCc1ccco1. The third-order valence-electron chi connectivity index (χ3n) is 4.04. The summed E-state index contributed by atoms with van der Waals surface area (Å²) < 4.78 is 5.16. The fourth-order valence-corrected chi connectivity index (χ4v) is 2.60. The summed E-state index contributed by atoms with van der Waals surface area (Å²) in [6.07, 6.45) is 3.00. The quantitative estimate of drug-likeness (QED) is 0.820. The van der Waals surface area contributed by atoms with Crippen molar-refractivity contribution in [2.45, 2.75) is 19.4 Å². The first-order valence-corrected chi connectivity index (χ1v) is 7.86. The lowest BCUT2D eigenvalue weighted by atomic mass is 10.1. The van der Waals surface area contributed by atoms with Gasteiger partial charge in [-0.3, -0.25) is 9.59 Å². The first-order chi connectivity index (χ1) is 11.2. The Balaban J connectivity index is 1.36. The van der Waals surface area contributed by atoms with E-state index in [1.165, 1.54) is 5.56 Å². The molecule has 2 aromatic rings. The van der Waals surface area contributed by atoms with Crippen LogP contribution in [0.25, 0.3) is 0 Å². The van der Waals surface area contributed by atoms with Gasteiger partial charge in [-0.1, -0.05) is 30.3 Å². The predicted molar refractivity (Wildman–Crippen MR) is 85.3 cm³/mol. The van der Waals surface area contributed by atoms with E-state index in [1.54, 1.807) is 18.4 Å². The fourth-order valence-electron chi connectivity index (χ4n) is 2.60. The number of nitrogens with one attached hydrogen (secondary N) is 2. The van der Waals surface area contributed by atoms with Crippen LogP contribution in [0.2, 0.25) is 0 Å². The average Bonchev–Trinajstić information content (AvgIpc) is 3.21. The number of hydrogen-bond acceptors (Lipinski definition) is 3. The molecule has 5 nitrogen and oxygen atoms in total. The Hall–Kier alpha value is -2.56. The zero-order valence-corrected chi connectivity index (χ0v) is 12.8. The van der Waals surface area contributed by atoms with E-state index in [-0.39, 0.29) is 23.7 Å². The first-order valence-electron chi connectivity index (χ1n) is 7.86. The number of hydrogen-bond donors (Lipinski definition) is 2. The minimum absolute atomic E-state index is 0.0286. The van der Waals surface area contributed by atoms with Crippen LogP contribution in [-0.2, 0) is 22.6 Å². The van der Waals surface area contributed by atoms with Crippen molar-refractivity contribution in [3.05, 3.63) is 60.1 Å². The van der Waals surface area contributed by atoms with Crippen molar-refractivity contribution in [2.75, 3.05) is 6.54 Å². The Bertz CT molecular complexity index is 652. The molecule has 1 aromatic heterocycles. The molecule has 0 spiro atoms. The lowest BCUT2D eigenvalue weighted by Gasteiger charge is -2.05. The number of benzene rings is 1. The second kappa shape index (κ2) is 7.13. The normalized spacial score (nSPS) is 19.1. The van der Waals surface area contributed by atoms with Crippen molar-refractivity contribution in [3.8, 4) is 0 Å². The van der Waals surface area contributed by atoms with Gasteiger partial charge in [0, 0.05) is 6.54 Å². The molecular formula is C18H20N2O3. The molecule has 0 radical (unpaired) electrons. The number of carbonyl (C=O) groups is 2. The third kappa shape index (κ3) is 4.22. The van der Waals surface area contributed by atoms with E-state index in [4.69, 9.17) is 4.42 Å². The maximum absolute atomic E-state index is 12.0. The molecule has 2 atom stereocenters. The van der Waals surface area contributed by atoms with Gasteiger partial charge < -0.3 is 15.1 Å². The number of rotatable bonds is 7. The van der Waals surface area contributed by atoms with Crippen LogP contribution < -0.4 is 10.6 Å². The third-order valence-corrected chi connectivity index (χ3v) is 4.04. The molecule has 1 heterocycles. The average molecular weight is 312 g/mol. The number of furan rings is 1. The van der Waals surface area contributed by atoms with Crippen LogP contribution in [0.3, 0.4) is 0 Å². The van der Waals surface area contributed by atoms with Crippen molar-refractivity contribution in [1.29, 1.82) is 0 Å². The van der Waals surface area contributed by atoms with Gasteiger partial charge in [0.2, 0.25) is 11.8 Å². The van der Waals surface area contributed by atoms with Crippen LogP contribution in [0.5, 0.6) is 0 Å². The zero-order valence-electron chi connectivity index (χ0n) is 12.8. The van der Waals surface area contributed by atoms with Crippen LogP contribution in [0.4, 0.5) is 0 Å². The number of amides is 2. The Morgan fingerprint density at radius 3 is 2.43 bits per heavy atom. The van der Waals surface area contributed by atoms with E-state index in [0.717, 1.165) is 6.42 Å². The highest BCUT2D eigenvalue weighted by Gasteiger charge is 2.47. The van der Waals surface area contributed by atoms with Crippen molar-refractivity contribution in [1.82, 2.24) is 10.6 Å². The highest BCUT2D eigenvalue weighted by atomic mass is 16.3. The minimum Gasteiger partial charge on any atom is -0.467 e. The Labute approximate surface area is 135 Å². The van der Waals surface area contributed by atoms with Crippen LogP contribution in [-0.4, -0.2) is 18.4 Å². The lowest BCUT2D eigenvalue weighted by Crippen LogP contribution is -2.31.